The number of halogens is 3. The van der Waals surface area contributed by atoms with Gasteiger partial charge in [0.25, 0.3) is 0 Å². The van der Waals surface area contributed by atoms with Crippen LogP contribution in [-0.2, 0) is 0 Å². The quantitative estimate of drug-likeness (QED) is 0.450. The summed E-state index contributed by atoms with van der Waals surface area (Å²) in [5.74, 6) is 0. The van der Waals surface area contributed by atoms with Crippen molar-refractivity contribution in [3.05, 3.63) is 0 Å². The van der Waals surface area contributed by atoms with Crippen molar-refractivity contribution in [2.75, 3.05) is 0 Å². The molecule has 0 rings (SSSR count). The topological polar surface area (TPSA) is 38.2 Å². The van der Waals surface area contributed by atoms with Gasteiger partial charge >= 0.3 is 0 Å². The third-order valence-electron chi connectivity index (χ3n) is 0. The van der Waals surface area contributed by atoms with Crippen LogP contribution in [-0.4, -0.2) is 5.57 Å². The van der Waals surface area contributed by atoms with Crippen LogP contribution in [0.5, 0.6) is 0 Å². The van der Waals surface area contributed by atoms with Crippen LogP contribution in [0.4, 0.5) is 13.4 Å². The molecule has 2 nitrogen and oxygen atoms in total. The smallest absolute Gasteiger partial charge is 0.199 e. The molecular formula is H3F3N2. The summed E-state index contributed by atoms with van der Waals surface area (Å²) in [6.45, 7) is 0. The molecule has 3 N–H and O–H groups in total. The molecule has 0 heterocycles. The van der Waals surface area contributed by atoms with Gasteiger partial charge in [0.05, 0.1) is 0 Å². The third-order valence-corrected chi connectivity index (χ3v) is 0. The summed E-state index contributed by atoms with van der Waals surface area (Å²) in [7, 11) is 0. The first kappa shape index (κ1) is 8.83. The average molecular weight is 88.0 g/mol. The standard InChI is InChI=1S/F3N.H3N/c1-4(2)3;/h;1H3. The van der Waals surface area contributed by atoms with E-state index in [0.29, 0.717) is 0 Å². The zero-order chi connectivity index (χ0) is 3.58. The Morgan fingerprint density at radius 2 is 1.00 bits per heavy atom. The Balaban J connectivity index is 0. The van der Waals surface area contributed by atoms with Gasteiger partial charge in [-0.3, -0.25) is 0 Å². The van der Waals surface area contributed by atoms with Gasteiger partial charge in [0.2, 0.25) is 0 Å². The minimum atomic E-state index is -2.50. The Hall–Kier alpha value is -0.290. The van der Waals surface area contributed by atoms with Gasteiger partial charge < -0.3 is 6.15 Å². The molecule has 0 bridgehead atoms. The fourth-order valence-electron chi connectivity index (χ4n) is 0. The first-order chi connectivity index (χ1) is 1.73. The van der Waals surface area contributed by atoms with E-state index in [0.717, 1.165) is 0 Å². The first-order valence-corrected chi connectivity index (χ1v) is 0.507. The summed E-state index contributed by atoms with van der Waals surface area (Å²) >= 11 is 0. The molecule has 0 radical (unpaired) electrons. The molecular weight excluding hydrogens is 85.0 g/mol. The van der Waals surface area contributed by atoms with Crippen LogP contribution in [0, 0.1) is 0 Å². The SMILES string of the molecule is FN(F)F.N. The van der Waals surface area contributed by atoms with E-state index in [1.165, 1.54) is 0 Å². The van der Waals surface area contributed by atoms with Crippen molar-refractivity contribution < 1.29 is 13.4 Å². The lowest BCUT2D eigenvalue weighted by Crippen LogP contribution is -1.72. The van der Waals surface area contributed by atoms with Gasteiger partial charge in [-0.25, -0.2) is 0 Å². The highest BCUT2D eigenvalue weighted by Gasteiger charge is 1.80. The van der Waals surface area contributed by atoms with Gasteiger partial charge in [0.15, 0.2) is 5.57 Å². The molecule has 5 heavy (non-hydrogen) atoms. The summed E-state index contributed by atoms with van der Waals surface area (Å²) in [5, 5.41) is 0. The van der Waals surface area contributed by atoms with E-state index in [1.54, 1.807) is 0 Å². The molecule has 5 heteroatoms. The highest BCUT2D eigenvalue weighted by atomic mass is 19.5. The van der Waals surface area contributed by atoms with Crippen LogP contribution in [0.1, 0.15) is 0 Å². The molecule has 0 aromatic heterocycles. The van der Waals surface area contributed by atoms with Crippen molar-refractivity contribution >= 4 is 0 Å². The van der Waals surface area contributed by atoms with E-state index in [-0.39, 0.29) is 6.15 Å². The van der Waals surface area contributed by atoms with Crippen molar-refractivity contribution in [3.8, 4) is 0 Å². The Kier molecular flexibility index (Phi) is 6.55. The van der Waals surface area contributed by atoms with Gasteiger partial charge in [-0.1, -0.05) is 13.4 Å². The molecule has 0 spiro atoms. The predicted octanol–water partition coefficient (Wildman–Crippen LogP) is 1.10. The Labute approximate surface area is 26.6 Å². The van der Waals surface area contributed by atoms with Crippen LogP contribution in [0.15, 0.2) is 0 Å². The predicted molar refractivity (Wildman–Crippen MR) is 10.2 cm³/mol. The van der Waals surface area contributed by atoms with Gasteiger partial charge in [-0.15, -0.1) is 0 Å². The van der Waals surface area contributed by atoms with Gasteiger partial charge in [-0.05, 0) is 0 Å². The molecule has 0 amide bonds. The lowest BCUT2D eigenvalue weighted by Gasteiger charge is -1.67. The van der Waals surface area contributed by atoms with Gasteiger partial charge in [-0.2, -0.15) is 0 Å². The molecule has 0 saturated carbocycles. The highest BCUT2D eigenvalue weighted by molar-refractivity contribution is 3.24. The van der Waals surface area contributed by atoms with E-state index >= 15 is 0 Å². The molecule has 34 valence electrons. The second-order valence-electron chi connectivity index (χ2n) is 0.192. The van der Waals surface area contributed by atoms with Crippen LogP contribution in [0.2, 0.25) is 0 Å². The highest BCUT2D eigenvalue weighted by Crippen LogP contribution is 1.82. The molecule has 0 saturated heterocycles. The molecule has 0 aromatic rings. The summed E-state index contributed by atoms with van der Waals surface area (Å²) in [4.78, 5) is 0. The Bertz CT molecular complexity index is 9.61. The van der Waals surface area contributed by atoms with E-state index in [9.17, 15) is 13.4 Å². The zero-order valence-electron chi connectivity index (χ0n) is 2.29. The fraction of sp³-hybridized carbons (Fsp3) is 0. The van der Waals surface area contributed by atoms with Gasteiger partial charge in [0.1, 0.15) is 0 Å². The fourth-order valence-corrected chi connectivity index (χ4v) is 0. The van der Waals surface area contributed by atoms with E-state index in [4.69, 9.17) is 0 Å². The number of hydrogen-bond donors (Lipinski definition) is 1. The summed E-state index contributed by atoms with van der Waals surface area (Å²) in [6, 6.07) is 0. The lowest BCUT2D eigenvalue weighted by atomic mass is 13.5. The molecule has 0 unspecified atom stereocenters. The molecule has 0 aliphatic heterocycles. The number of rotatable bonds is 0. The second-order valence-corrected chi connectivity index (χ2v) is 0.192. The maximum Gasteiger partial charge on any atom is 0.199 e. The molecule has 0 aliphatic carbocycles. The molecule has 0 fully saturated rings. The molecule has 0 atom stereocenters. The van der Waals surface area contributed by atoms with E-state index < -0.39 is 5.57 Å². The molecule has 0 aromatic carbocycles. The summed E-state index contributed by atoms with van der Waals surface area (Å²) in [5.41, 5.74) is -2.50. The van der Waals surface area contributed by atoms with Crippen LogP contribution < -0.4 is 6.15 Å². The Morgan fingerprint density at radius 3 is 1.00 bits per heavy atom. The summed E-state index contributed by atoms with van der Waals surface area (Å²) < 4.78 is 28.5. The van der Waals surface area contributed by atoms with Crippen LogP contribution in [0.3, 0.4) is 0 Å². The zero-order valence-corrected chi connectivity index (χ0v) is 2.29. The second kappa shape index (κ2) is 3.71. The van der Waals surface area contributed by atoms with Gasteiger partial charge in [0, 0.05) is 0 Å². The maximum absolute atomic E-state index is 9.50. The number of hydrogen-bond acceptors (Lipinski definition) is 2. The van der Waals surface area contributed by atoms with Crippen LogP contribution in [0.25, 0.3) is 0 Å². The van der Waals surface area contributed by atoms with Crippen LogP contribution >= 0.6 is 0 Å². The molecule has 0 aliphatic rings. The van der Waals surface area contributed by atoms with Crippen molar-refractivity contribution in [3.63, 3.8) is 0 Å². The van der Waals surface area contributed by atoms with E-state index in [2.05, 4.69) is 0 Å². The Morgan fingerprint density at radius 1 is 1.00 bits per heavy atom. The largest absolute Gasteiger partial charge is 0.344 e. The van der Waals surface area contributed by atoms with Crippen molar-refractivity contribution in [1.29, 1.82) is 0 Å². The van der Waals surface area contributed by atoms with Crippen molar-refractivity contribution in [1.82, 2.24) is 11.7 Å². The lowest BCUT2D eigenvalue weighted by molar-refractivity contribution is -0.295. The normalized spacial score (nSPS) is 7.20. The average Bonchev–Trinajstić information content (AvgIpc) is 0.811. The maximum atomic E-state index is 9.50. The third kappa shape index (κ3) is 129. The summed E-state index contributed by atoms with van der Waals surface area (Å²) in [6.07, 6.45) is 0. The number of nitrogens with zero attached hydrogens (tertiary/aromatic N) is 1. The van der Waals surface area contributed by atoms with E-state index in [1.807, 2.05) is 0 Å². The monoisotopic (exact) mass is 88.0 g/mol. The minimum absolute atomic E-state index is 0. The first-order valence-electron chi connectivity index (χ1n) is 0.507. The van der Waals surface area contributed by atoms with Crippen molar-refractivity contribution in [2.45, 2.75) is 0 Å². The minimum Gasteiger partial charge on any atom is -0.344 e. The van der Waals surface area contributed by atoms with Crippen molar-refractivity contribution in [2.24, 2.45) is 0 Å².